The van der Waals surface area contributed by atoms with Crippen LogP contribution in [0.5, 0.6) is 0 Å². The van der Waals surface area contributed by atoms with Gasteiger partial charge in [0.1, 0.15) is 0 Å². The molecule has 86 valence electrons. The second kappa shape index (κ2) is 5.24. The fraction of sp³-hybridized carbons (Fsp3) is 0.917. The molecular weight excluding hydrogens is 204 g/mol. The minimum Gasteiger partial charge on any atom is -0.365 e. The average molecular weight is 226 g/mol. The van der Waals surface area contributed by atoms with E-state index < -0.39 is 0 Å². The first kappa shape index (κ1) is 11.3. The summed E-state index contributed by atoms with van der Waals surface area (Å²) in [7, 11) is 0. The van der Waals surface area contributed by atoms with E-state index in [9.17, 15) is 0 Å². The van der Waals surface area contributed by atoms with Gasteiger partial charge in [-0.1, -0.05) is 38.5 Å². The topological polar surface area (TPSA) is 24.4 Å². The van der Waals surface area contributed by atoms with Gasteiger partial charge in [-0.2, -0.15) is 0 Å². The smallest absolute Gasteiger partial charge is 0.156 e. The zero-order valence-corrected chi connectivity index (χ0v) is 10.6. The van der Waals surface area contributed by atoms with Crippen LogP contribution in [0.2, 0.25) is 0 Å². The van der Waals surface area contributed by atoms with Crippen LogP contribution in [0.1, 0.15) is 39.5 Å². The quantitative estimate of drug-likeness (QED) is 0.783. The standard InChI is InChI=1S/C12H22N2S/c1-9-4-3-5-11(6-9)8-14-12-13-7-10(2)15-12/h9-11H,3-8H2,1-2H3,(H,13,14). The van der Waals surface area contributed by atoms with Crippen molar-refractivity contribution in [2.24, 2.45) is 16.8 Å². The van der Waals surface area contributed by atoms with Crippen molar-refractivity contribution in [3.05, 3.63) is 0 Å². The predicted octanol–water partition coefficient (Wildman–Crippen LogP) is 2.89. The highest BCUT2D eigenvalue weighted by atomic mass is 32.2. The average Bonchev–Trinajstić information content (AvgIpc) is 2.62. The lowest BCUT2D eigenvalue weighted by molar-refractivity contribution is 0.283. The van der Waals surface area contributed by atoms with E-state index in [1.165, 1.54) is 30.9 Å². The molecule has 0 aromatic heterocycles. The Hall–Kier alpha value is -0.180. The summed E-state index contributed by atoms with van der Waals surface area (Å²) >= 11 is 1.89. The summed E-state index contributed by atoms with van der Waals surface area (Å²) in [6.07, 6.45) is 5.66. The van der Waals surface area contributed by atoms with Gasteiger partial charge in [-0.3, -0.25) is 4.99 Å². The molecule has 2 aliphatic rings. The second-order valence-corrected chi connectivity index (χ2v) is 6.52. The zero-order chi connectivity index (χ0) is 10.7. The number of rotatable bonds is 2. The summed E-state index contributed by atoms with van der Waals surface area (Å²) in [5.41, 5.74) is 0. The van der Waals surface area contributed by atoms with Crippen molar-refractivity contribution in [2.75, 3.05) is 13.1 Å². The van der Waals surface area contributed by atoms with E-state index in [2.05, 4.69) is 24.2 Å². The molecule has 1 fully saturated rings. The van der Waals surface area contributed by atoms with Crippen molar-refractivity contribution in [1.82, 2.24) is 5.32 Å². The maximum absolute atomic E-state index is 4.49. The largest absolute Gasteiger partial charge is 0.365 e. The fourth-order valence-electron chi connectivity index (χ4n) is 2.55. The fourth-order valence-corrected chi connectivity index (χ4v) is 3.40. The molecule has 1 saturated carbocycles. The van der Waals surface area contributed by atoms with Crippen LogP contribution >= 0.6 is 11.8 Å². The van der Waals surface area contributed by atoms with Gasteiger partial charge in [0.2, 0.25) is 0 Å². The van der Waals surface area contributed by atoms with E-state index in [0.29, 0.717) is 5.25 Å². The lowest BCUT2D eigenvalue weighted by Gasteiger charge is -2.26. The lowest BCUT2D eigenvalue weighted by Crippen LogP contribution is -2.29. The summed E-state index contributed by atoms with van der Waals surface area (Å²) in [4.78, 5) is 4.49. The molecule has 3 heteroatoms. The van der Waals surface area contributed by atoms with Crippen LogP contribution in [0.3, 0.4) is 0 Å². The maximum Gasteiger partial charge on any atom is 0.156 e. The van der Waals surface area contributed by atoms with Gasteiger partial charge in [0.15, 0.2) is 5.17 Å². The molecule has 2 nitrogen and oxygen atoms in total. The first-order valence-corrected chi connectivity index (χ1v) is 7.07. The zero-order valence-electron chi connectivity index (χ0n) is 9.83. The molecule has 3 atom stereocenters. The number of aliphatic imine (C=N–C) groups is 1. The van der Waals surface area contributed by atoms with Crippen molar-refractivity contribution in [3.8, 4) is 0 Å². The molecule has 0 bridgehead atoms. The Morgan fingerprint density at radius 2 is 2.27 bits per heavy atom. The SMILES string of the molecule is CC1CCCC(CNC2=NCC(C)S2)C1. The van der Waals surface area contributed by atoms with E-state index in [1.807, 2.05) is 11.8 Å². The Balaban J connectivity index is 1.69. The highest BCUT2D eigenvalue weighted by molar-refractivity contribution is 8.14. The molecule has 15 heavy (non-hydrogen) atoms. The molecule has 0 saturated heterocycles. The third kappa shape index (κ3) is 3.40. The molecule has 0 aromatic rings. The summed E-state index contributed by atoms with van der Waals surface area (Å²) < 4.78 is 0. The third-order valence-corrected chi connectivity index (χ3v) is 4.44. The number of nitrogens with zero attached hydrogens (tertiary/aromatic N) is 1. The summed E-state index contributed by atoms with van der Waals surface area (Å²) in [5, 5.41) is 5.37. The van der Waals surface area contributed by atoms with Crippen molar-refractivity contribution < 1.29 is 0 Å². The van der Waals surface area contributed by atoms with Crippen LogP contribution < -0.4 is 5.32 Å². The highest BCUT2D eigenvalue weighted by Crippen LogP contribution is 2.28. The number of amidine groups is 1. The molecule has 2 rings (SSSR count). The molecule has 1 aliphatic heterocycles. The number of thioether (sulfide) groups is 1. The Morgan fingerprint density at radius 1 is 1.40 bits per heavy atom. The number of nitrogens with one attached hydrogen (secondary N) is 1. The van der Waals surface area contributed by atoms with E-state index in [1.54, 1.807) is 0 Å². The van der Waals surface area contributed by atoms with Crippen molar-refractivity contribution in [2.45, 2.75) is 44.8 Å². The minimum atomic E-state index is 0.678. The van der Waals surface area contributed by atoms with E-state index in [4.69, 9.17) is 0 Å². The van der Waals surface area contributed by atoms with Gasteiger partial charge in [-0.25, -0.2) is 0 Å². The molecule has 0 aromatic carbocycles. The summed E-state index contributed by atoms with van der Waals surface area (Å²) in [6.45, 7) is 6.76. The minimum absolute atomic E-state index is 0.678. The molecule has 3 unspecified atom stereocenters. The molecule has 1 N–H and O–H groups in total. The van der Waals surface area contributed by atoms with Crippen LogP contribution in [0.4, 0.5) is 0 Å². The molecule has 0 spiro atoms. The van der Waals surface area contributed by atoms with Gasteiger partial charge in [0.25, 0.3) is 0 Å². The summed E-state index contributed by atoms with van der Waals surface area (Å²) in [5.74, 6) is 1.82. The lowest BCUT2D eigenvalue weighted by atomic mass is 9.82. The van der Waals surface area contributed by atoms with Crippen LogP contribution in [0.15, 0.2) is 4.99 Å². The van der Waals surface area contributed by atoms with E-state index >= 15 is 0 Å². The molecule has 1 aliphatic carbocycles. The second-order valence-electron chi connectivity index (χ2n) is 5.09. The molecule has 1 heterocycles. The van der Waals surface area contributed by atoms with Crippen LogP contribution in [-0.4, -0.2) is 23.5 Å². The van der Waals surface area contributed by atoms with E-state index in [0.717, 1.165) is 24.9 Å². The van der Waals surface area contributed by atoms with Crippen molar-refractivity contribution in [3.63, 3.8) is 0 Å². The Labute approximate surface area is 97.3 Å². The monoisotopic (exact) mass is 226 g/mol. The van der Waals surface area contributed by atoms with Gasteiger partial charge < -0.3 is 5.32 Å². The van der Waals surface area contributed by atoms with Crippen molar-refractivity contribution >= 4 is 16.9 Å². The first-order chi connectivity index (χ1) is 7.24. The third-order valence-electron chi connectivity index (χ3n) is 3.39. The Kier molecular flexibility index (Phi) is 3.95. The molecule has 0 amide bonds. The molecule has 0 radical (unpaired) electrons. The van der Waals surface area contributed by atoms with Gasteiger partial charge in [-0.15, -0.1) is 0 Å². The normalized spacial score (nSPS) is 36.4. The maximum atomic E-state index is 4.49. The van der Waals surface area contributed by atoms with Gasteiger partial charge >= 0.3 is 0 Å². The predicted molar refractivity (Wildman–Crippen MR) is 68.5 cm³/mol. The Bertz CT molecular complexity index is 240. The summed E-state index contributed by atoms with van der Waals surface area (Å²) in [6, 6.07) is 0. The Morgan fingerprint density at radius 3 is 2.93 bits per heavy atom. The van der Waals surface area contributed by atoms with Gasteiger partial charge in [0.05, 0.1) is 6.54 Å². The first-order valence-electron chi connectivity index (χ1n) is 6.19. The highest BCUT2D eigenvalue weighted by Gasteiger charge is 2.20. The van der Waals surface area contributed by atoms with Gasteiger partial charge in [-0.05, 0) is 24.7 Å². The number of hydrogen-bond acceptors (Lipinski definition) is 3. The van der Waals surface area contributed by atoms with Crippen molar-refractivity contribution in [1.29, 1.82) is 0 Å². The van der Waals surface area contributed by atoms with Crippen LogP contribution in [-0.2, 0) is 0 Å². The van der Waals surface area contributed by atoms with Crippen LogP contribution in [0, 0.1) is 11.8 Å². The molecular formula is C12H22N2S. The van der Waals surface area contributed by atoms with Crippen LogP contribution in [0.25, 0.3) is 0 Å². The van der Waals surface area contributed by atoms with E-state index in [-0.39, 0.29) is 0 Å². The number of hydrogen-bond donors (Lipinski definition) is 1. The van der Waals surface area contributed by atoms with Gasteiger partial charge in [0, 0.05) is 11.8 Å².